The second-order valence-corrected chi connectivity index (χ2v) is 8.02. The summed E-state index contributed by atoms with van der Waals surface area (Å²) in [6.45, 7) is 10.00. The molecule has 0 amide bonds. The molecule has 0 radical (unpaired) electrons. The first-order valence-corrected chi connectivity index (χ1v) is 10.9. The molecular weight excluding hydrogens is 374 g/mol. The number of hydrogen-bond donors (Lipinski definition) is 0. The van der Waals surface area contributed by atoms with Crippen LogP contribution in [-0.2, 0) is 22.5 Å². The predicted octanol–water partition coefficient (Wildman–Crippen LogP) is 3.88. The Balaban J connectivity index is 1.38. The zero-order valence-electron chi connectivity index (χ0n) is 18.0. The third-order valence-corrected chi connectivity index (χ3v) is 5.91. The average molecular weight is 406 g/mol. The summed E-state index contributed by atoms with van der Waals surface area (Å²) >= 11 is 0. The topological polar surface area (TPSA) is 37.7 Å². The van der Waals surface area contributed by atoms with Crippen molar-refractivity contribution >= 4 is 22.6 Å². The van der Waals surface area contributed by atoms with Gasteiger partial charge in [0.1, 0.15) is 6.54 Å². The number of aromatic nitrogens is 1. The van der Waals surface area contributed by atoms with Gasteiger partial charge in [-0.15, -0.1) is 0 Å². The van der Waals surface area contributed by atoms with Crippen LogP contribution in [-0.4, -0.2) is 54.8 Å². The molecule has 0 N–H and O–H groups in total. The molecule has 1 saturated heterocycles. The minimum Gasteiger partial charge on any atom is -0.465 e. The lowest BCUT2D eigenvalue weighted by molar-refractivity contribution is -0.143. The van der Waals surface area contributed by atoms with Crippen molar-refractivity contribution in [3.63, 3.8) is 0 Å². The number of carbonyl (C=O) groups is 1. The van der Waals surface area contributed by atoms with Crippen LogP contribution in [0, 0.1) is 6.92 Å². The van der Waals surface area contributed by atoms with E-state index in [0.29, 0.717) is 6.61 Å². The average Bonchev–Trinajstić information content (AvgIpc) is 3.10. The summed E-state index contributed by atoms with van der Waals surface area (Å²) in [5.74, 6) is -0.183. The fraction of sp³-hybridized carbons (Fsp3) is 0.400. The Labute approximate surface area is 178 Å². The molecule has 1 fully saturated rings. The Morgan fingerprint density at radius 2 is 1.83 bits per heavy atom. The van der Waals surface area contributed by atoms with Crippen LogP contribution in [0.2, 0.25) is 0 Å². The first-order valence-electron chi connectivity index (χ1n) is 10.9. The molecule has 1 aliphatic rings. The minimum absolute atomic E-state index is 0.183. The molecule has 2 aromatic carbocycles. The second kappa shape index (κ2) is 9.35. The number of hydrogen-bond acceptors (Lipinski definition) is 4. The molecule has 0 unspecified atom stereocenters. The second-order valence-electron chi connectivity index (χ2n) is 8.02. The molecule has 0 atom stereocenters. The molecule has 0 aliphatic carbocycles. The first kappa shape index (κ1) is 20.5. The maximum Gasteiger partial charge on any atom is 0.325 e. The van der Waals surface area contributed by atoms with Gasteiger partial charge < -0.3 is 14.2 Å². The SMILES string of the molecule is CCOC(=O)Cn1cc(CCN2CCN(c3cccc(C)c3)CC2)c2ccccc21. The Morgan fingerprint density at radius 1 is 1.03 bits per heavy atom. The number of anilines is 1. The maximum absolute atomic E-state index is 12.0. The number of benzene rings is 2. The van der Waals surface area contributed by atoms with Crippen molar-refractivity contribution in [1.82, 2.24) is 9.47 Å². The van der Waals surface area contributed by atoms with Gasteiger partial charge in [0.05, 0.1) is 6.61 Å². The van der Waals surface area contributed by atoms with Crippen molar-refractivity contribution in [3.8, 4) is 0 Å². The molecule has 30 heavy (non-hydrogen) atoms. The Morgan fingerprint density at radius 3 is 2.60 bits per heavy atom. The minimum atomic E-state index is -0.183. The number of ether oxygens (including phenoxy) is 1. The van der Waals surface area contributed by atoms with Gasteiger partial charge >= 0.3 is 5.97 Å². The number of para-hydroxylation sites is 1. The number of piperazine rings is 1. The molecule has 0 bridgehead atoms. The summed E-state index contributed by atoms with van der Waals surface area (Å²) < 4.78 is 7.17. The van der Waals surface area contributed by atoms with Crippen molar-refractivity contribution in [2.45, 2.75) is 26.8 Å². The molecular formula is C25H31N3O2. The molecule has 3 aromatic rings. The van der Waals surface area contributed by atoms with Gasteiger partial charge in [0.25, 0.3) is 0 Å². The summed E-state index contributed by atoms with van der Waals surface area (Å²) in [6, 6.07) is 17.1. The predicted molar refractivity (Wildman–Crippen MR) is 122 cm³/mol. The zero-order valence-corrected chi connectivity index (χ0v) is 18.0. The van der Waals surface area contributed by atoms with Crippen molar-refractivity contribution < 1.29 is 9.53 Å². The Bertz CT molecular complexity index is 1000. The third kappa shape index (κ3) is 4.68. The van der Waals surface area contributed by atoms with E-state index in [0.717, 1.165) is 44.7 Å². The van der Waals surface area contributed by atoms with Gasteiger partial charge in [-0.2, -0.15) is 0 Å². The van der Waals surface area contributed by atoms with Gasteiger partial charge in [0, 0.05) is 55.5 Å². The van der Waals surface area contributed by atoms with Crippen LogP contribution < -0.4 is 4.90 Å². The van der Waals surface area contributed by atoms with Crippen LogP contribution in [0.4, 0.5) is 5.69 Å². The summed E-state index contributed by atoms with van der Waals surface area (Å²) in [5.41, 5.74) is 5.05. The number of aryl methyl sites for hydroxylation is 1. The molecule has 5 heteroatoms. The van der Waals surface area contributed by atoms with Crippen molar-refractivity contribution in [1.29, 1.82) is 0 Å². The van der Waals surface area contributed by atoms with Gasteiger partial charge in [-0.25, -0.2) is 0 Å². The number of esters is 1. The van der Waals surface area contributed by atoms with Gasteiger partial charge in [0.2, 0.25) is 0 Å². The molecule has 0 spiro atoms. The number of rotatable bonds is 7. The number of fused-ring (bicyclic) bond motifs is 1. The highest BCUT2D eigenvalue weighted by Gasteiger charge is 2.18. The van der Waals surface area contributed by atoms with Crippen LogP contribution in [0.25, 0.3) is 10.9 Å². The van der Waals surface area contributed by atoms with Gasteiger partial charge in [-0.1, -0.05) is 30.3 Å². The molecule has 2 heterocycles. The van der Waals surface area contributed by atoms with Crippen LogP contribution in [0.3, 0.4) is 0 Å². The zero-order chi connectivity index (χ0) is 20.9. The first-order chi connectivity index (χ1) is 14.6. The van der Waals surface area contributed by atoms with Gasteiger partial charge in [-0.05, 0) is 49.6 Å². The quantitative estimate of drug-likeness (QED) is 0.559. The van der Waals surface area contributed by atoms with E-state index in [2.05, 4.69) is 65.4 Å². The molecule has 1 aliphatic heterocycles. The highest BCUT2D eigenvalue weighted by atomic mass is 16.5. The third-order valence-electron chi connectivity index (χ3n) is 5.91. The maximum atomic E-state index is 12.0. The van der Waals surface area contributed by atoms with E-state index in [1.807, 2.05) is 17.6 Å². The highest BCUT2D eigenvalue weighted by molar-refractivity contribution is 5.85. The molecule has 158 valence electrons. The van der Waals surface area contributed by atoms with Gasteiger partial charge in [-0.3, -0.25) is 9.69 Å². The normalized spacial score (nSPS) is 14.9. The number of nitrogens with zero attached hydrogens (tertiary/aromatic N) is 3. The number of carbonyl (C=O) groups excluding carboxylic acids is 1. The summed E-state index contributed by atoms with van der Waals surface area (Å²) in [7, 11) is 0. The lowest BCUT2D eigenvalue weighted by Gasteiger charge is -2.36. The van der Waals surface area contributed by atoms with Crippen LogP contribution in [0.5, 0.6) is 0 Å². The highest BCUT2D eigenvalue weighted by Crippen LogP contribution is 2.23. The van der Waals surface area contributed by atoms with Crippen LogP contribution >= 0.6 is 0 Å². The van der Waals surface area contributed by atoms with Crippen LogP contribution in [0.1, 0.15) is 18.1 Å². The van der Waals surface area contributed by atoms with Crippen molar-refractivity contribution in [2.24, 2.45) is 0 Å². The van der Waals surface area contributed by atoms with E-state index in [9.17, 15) is 4.79 Å². The molecule has 1 aromatic heterocycles. The van der Waals surface area contributed by atoms with E-state index in [-0.39, 0.29) is 12.5 Å². The van der Waals surface area contributed by atoms with E-state index in [1.165, 1.54) is 22.2 Å². The molecule has 5 nitrogen and oxygen atoms in total. The lowest BCUT2D eigenvalue weighted by Crippen LogP contribution is -2.47. The lowest BCUT2D eigenvalue weighted by atomic mass is 10.1. The smallest absolute Gasteiger partial charge is 0.325 e. The fourth-order valence-electron chi connectivity index (χ4n) is 4.33. The van der Waals surface area contributed by atoms with Gasteiger partial charge in [0.15, 0.2) is 0 Å². The van der Waals surface area contributed by atoms with Crippen molar-refractivity contribution in [2.75, 3.05) is 44.2 Å². The van der Waals surface area contributed by atoms with Crippen LogP contribution in [0.15, 0.2) is 54.7 Å². The van der Waals surface area contributed by atoms with E-state index < -0.39 is 0 Å². The van der Waals surface area contributed by atoms with Crippen molar-refractivity contribution in [3.05, 3.63) is 65.9 Å². The molecule has 4 rings (SSSR count). The van der Waals surface area contributed by atoms with E-state index in [1.54, 1.807) is 0 Å². The summed E-state index contributed by atoms with van der Waals surface area (Å²) in [4.78, 5) is 17.0. The largest absolute Gasteiger partial charge is 0.465 e. The fourth-order valence-corrected chi connectivity index (χ4v) is 4.33. The Kier molecular flexibility index (Phi) is 6.38. The summed E-state index contributed by atoms with van der Waals surface area (Å²) in [6.07, 6.45) is 3.12. The standard InChI is InChI=1S/C25H31N3O2/c1-3-30-25(29)19-28-18-21(23-9-4-5-10-24(23)28)11-12-26-13-15-27(16-14-26)22-8-6-7-20(2)17-22/h4-10,17-18H,3,11-16,19H2,1-2H3. The van der Waals surface area contributed by atoms with E-state index in [4.69, 9.17) is 4.74 Å². The molecule has 0 saturated carbocycles. The van der Waals surface area contributed by atoms with E-state index >= 15 is 0 Å². The monoisotopic (exact) mass is 405 g/mol. The Hall–Kier alpha value is -2.79. The summed E-state index contributed by atoms with van der Waals surface area (Å²) in [5, 5.41) is 1.24.